The van der Waals surface area contributed by atoms with E-state index in [1.165, 1.54) is 0 Å². The first-order valence-electron chi connectivity index (χ1n) is 11.4. The Balaban J connectivity index is 1.49. The van der Waals surface area contributed by atoms with Crippen LogP contribution in [-0.2, 0) is 20.0 Å². The van der Waals surface area contributed by atoms with Crippen molar-refractivity contribution in [1.29, 1.82) is 0 Å². The summed E-state index contributed by atoms with van der Waals surface area (Å²) >= 11 is 0. The van der Waals surface area contributed by atoms with E-state index in [1.807, 2.05) is 24.0 Å². The van der Waals surface area contributed by atoms with E-state index in [1.54, 1.807) is 30.2 Å². The quantitative estimate of drug-likeness (QED) is 0.632. The Morgan fingerprint density at radius 3 is 2.65 bits per heavy atom. The number of aromatic nitrogens is 4. The Morgan fingerprint density at radius 2 is 1.91 bits per heavy atom. The number of fused-ring (bicyclic) bond motifs is 1. The second kappa shape index (κ2) is 8.66. The zero-order chi connectivity index (χ0) is 23.9. The van der Waals surface area contributed by atoms with Crippen LogP contribution < -0.4 is 15.1 Å². The molecular weight excluding hydrogens is 440 g/mol. The number of anilines is 3. The number of carbonyl (C=O) groups is 1. The smallest absolute Gasteiger partial charge is 0.291 e. The number of nitrogens with one attached hydrogen (secondary N) is 1. The van der Waals surface area contributed by atoms with E-state index in [4.69, 9.17) is 4.98 Å². The van der Waals surface area contributed by atoms with Crippen LogP contribution in [-0.4, -0.2) is 51.0 Å². The van der Waals surface area contributed by atoms with Crippen LogP contribution in [0.2, 0.25) is 0 Å². The van der Waals surface area contributed by atoms with Gasteiger partial charge in [-0.15, -0.1) is 0 Å². The van der Waals surface area contributed by atoms with Crippen molar-refractivity contribution in [2.75, 3.05) is 34.8 Å². The lowest BCUT2D eigenvalue weighted by molar-refractivity contribution is -0.0221. The largest absolute Gasteiger partial charge is 0.354 e. The molecule has 3 aromatic heterocycles. The number of imidazole rings is 1. The maximum Gasteiger partial charge on any atom is 0.291 e. The fraction of sp³-hybridized carbons (Fsp3) is 0.417. The van der Waals surface area contributed by atoms with Crippen LogP contribution in [0.1, 0.15) is 40.3 Å². The highest BCUT2D eigenvalue weighted by Crippen LogP contribution is 2.37. The molecule has 0 radical (unpaired) electrons. The van der Waals surface area contributed by atoms with Gasteiger partial charge >= 0.3 is 0 Å². The van der Waals surface area contributed by atoms with Gasteiger partial charge in [0.2, 0.25) is 0 Å². The number of hydrogen-bond donors (Lipinski definition) is 1. The highest BCUT2D eigenvalue weighted by atomic mass is 19.3. The number of halogens is 2. The van der Waals surface area contributed by atoms with E-state index in [9.17, 15) is 13.6 Å². The average Bonchev–Trinajstić information content (AvgIpc) is 3.26. The average molecular weight is 468 g/mol. The molecule has 34 heavy (non-hydrogen) atoms. The topological polar surface area (TPSA) is 79.2 Å². The van der Waals surface area contributed by atoms with Crippen LogP contribution in [0.5, 0.6) is 0 Å². The molecule has 0 atom stereocenters. The number of carbonyl (C=O) groups excluding carboxylic acids is 1. The van der Waals surface area contributed by atoms with Gasteiger partial charge in [0.15, 0.2) is 11.6 Å². The van der Waals surface area contributed by atoms with Crippen molar-refractivity contribution in [3.63, 3.8) is 0 Å². The molecule has 0 bridgehead atoms. The number of pyridine rings is 2. The van der Waals surface area contributed by atoms with Gasteiger partial charge in [-0.3, -0.25) is 9.78 Å². The molecule has 0 aliphatic carbocycles. The van der Waals surface area contributed by atoms with Crippen molar-refractivity contribution in [1.82, 2.24) is 19.5 Å². The lowest BCUT2D eigenvalue weighted by Crippen LogP contribution is -2.40. The molecule has 5 rings (SSSR count). The maximum atomic E-state index is 13.9. The number of rotatable bonds is 4. The van der Waals surface area contributed by atoms with Crippen molar-refractivity contribution in [3.8, 4) is 0 Å². The summed E-state index contributed by atoms with van der Waals surface area (Å²) in [7, 11) is 1.74. The predicted octanol–water partition coefficient (Wildman–Crippen LogP) is 3.57. The molecule has 3 aromatic rings. The molecule has 0 saturated carbocycles. The van der Waals surface area contributed by atoms with E-state index < -0.39 is 5.92 Å². The Morgan fingerprint density at radius 1 is 1.12 bits per heavy atom. The summed E-state index contributed by atoms with van der Waals surface area (Å²) in [6.45, 7) is 3.67. The Kier molecular flexibility index (Phi) is 5.66. The molecule has 8 nitrogen and oxygen atoms in total. The molecule has 178 valence electrons. The Bertz CT molecular complexity index is 1220. The van der Waals surface area contributed by atoms with Crippen molar-refractivity contribution in [2.24, 2.45) is 7.05 Å². The van der Waals surface area contributed by atoms with Gasteiger partial charge in [-0.2, -0.15) is 0 Å². The third-order valence-corrected chi connectivity index (χ3v) is 6.53. The molecule has 1 N–H and O–H groups in total. The minimum atomic E-state index is -2.68. The molecule has 10 heteroatoms. The van der Waals surface area contributed by atoms with Gasteiger partial charge in [-0.05, 0) is 30.2 Å². The summed E-state index contributed by atoms with van der Waals surface area (Å²) in [5, 5.41) is 2.94. The number of hydrogen-bond acceptors (Lipinski definition) is 6. The first-order valence-corrected chi connectivity index (χ1v) is 11.4. The predicted molar refractivity (Wildman–Crippen MR) is 126 cm³/mol. The summed E-state index contributed by atoms with van der Waals surface area (Å²) in [4.78, 5) is 30.4. The number of amides is 1. The second-order valence-electron chi connectivity index (χ2n) is 8.94. The Hall–Kier alpha value is -3.56. The monoisotopic (exact) mass is 467 g/mol. The van der Waals surface area contributed by atoms with Crippen LogP contribution in [0.3, 0.4) is 0 Å². The van der Waals surface area contributed by atoms with Crippen molar-refractivity contribution in [2.45, 2.75) is 38.7 Å². The van der Waals surface area contributed by atoms with Crippen molar-refractivity contribution < 1.29 is 13.6 Å². The summed E-state index contributed by atoms with van der Waals surface area (Å²) in [5.74, 6) is -1.51. The van der Waals surface area contributed by atoms with E-state index in [0.29, 0.717) is 18.1 Å². The number of piperidine rings is 1. The van der Waals surface area contributed by atoms with E-state index >= 15 is 0 Å². The zero-order valence-electron chi connectivity index (χ0n) is 19.3. The molecule has 2 aliphatic heterocycles. The molecule has 1 saturated heterocycles. The van der Waals surface area contributed by atoms with E-state index in [2.05, 4.69) is 26.3 Å². The molecular formula is C24H27F2N7O. The third-order valence-electron chi connectivity index (χ3n) is 6.53. The molecule has 5 heterocycles. The second-order valence-corrected chi connectivity index (χ2v) is 8.94. The molecule has 0 aromatic carbocycles. The van der Waals surface area contributed by atoms with Crippen molar-refractivity contribution >= 4 is 23.2 Å². The van der Waals surface area contributed by atoms with Crippen LogP contribution in [0.25, 0.3) is 0 Å². The number of aryl methyl sites for hydroxylation is 2. The van der Waals surface area contributed by atoms with E-state index in [0.717, 1.165) is 35.6 Å². The van der Waals surface area contributed by atoms with Gasteiger partial charge in [-0.1, -0.05) is 6.07 Å². The van der Waals surface area contributed by atoms with Crippen molar-refractivity contribution in [3.05, 3.63) is 59.4 Å². The van der Waals surface area contributed by atoms with Gasteiger partial charge in [0.05, 0.1) is 5.69 Å². The fourth-order valence-corrected chi connectivity index (χ4v) is 4.55. The van der Waals surface area contributed by atoms with Gasteiger partial charge in [0, 0.05) is 76.8 Å². The van der Waals surface area contributed by atoms with Crippen LogP contribution >= 0.6 is 0 Å². The summed E-state index contributed by atoms with van der Waals surface area (Å²) < 4.78 is 29.4. The molecule has 0 spiro atoms. The highest BCUT2D eigenvalue weighted by molar-refractivity contribution is 6.04. The van der Waals surface area contributed by atoms with Crippen LogP contribution in [0, 0.1) is 6.92 Å². The van der Waals surface area contributed by atoms with Gasteiger partial charge in [-0.25, -0.2) is 18.7 Å². The highest BCUT2D eigenvalue weighted by Gasteiger charge is 2.36. The molecule has 0 unspecified atom stereocenters. The van der Waals surface area contributed by atoms with Gasteiger partial charge < -0.3 is 19.7 Å². The van der Waals surface area contributed by atoms with Gasteiger partial charge in [0.1, 0.15) is 5.82 Å². The molecule has 1 fully saturated rings. The zero-order valence-corrected chi connectivity index (χ0v) is 19.3. The lowest BCUT2D eigenvalue weighted by Gasteiger charge is -2.35. The SMILES string of the molecule is Cc1cc(N2CCc3ncccc3C2)nc(N2CCC(F)(F)CC2)c1NC(=O)c1nccn1C. The normalized spacial score (nSPS) is 17.4. The Labute approximate surface area is 196 Å². The lowest BCUT2D eigenvalue weighted by atomic mass is 10.0. The van der Waals surface area contributed by atoms with E-state index in [-0.39, 0.29) is 37.7 Å². The fourth-order valence-electron chi connectivity index (χ4n) is 4.55. The van der Waals surface area contributed by atoms with Crippen LogP contribution in [0.15, 0.2) is 36.8 Å². The minimum Gasteiger partial charge on any atom is -0.354 e. The standard InChI is InChI=1S/C24H27F2N7O/c1-16-14-19(33-10-5-18-17(15-33)4-3-8-27-18)29-21(32-11-6-24(25,26)7-12-32)20(16)30-23(34)22-28-9-13-31(22)2/h3-4,8-9,13-14H,5-7,10-12,15H2,1-2H3,(H,30,34). The van der Waals surface area contributed by atoms with Gasteiger partial charge in [0.25, 0.3) is 11.8 Å². The first kappa shape index (κ1) is 22.2. The number of alkyl halides is 2. The maximum absolute atomic E-state index is 13.9. The third kappa shape index (κ3) is 4.32. The molecule has 1 amide bonds. The first-order chi connectivity index (χ1) is 16.3. The summed E-state index contributed by atoms with van der Waals surface area (Å²) in [6.07, 6.45) is 5.38. The summed E-state index contributed by atoms with van der Waals surface area (Å²) in [6, 6.07) is 5.93. The van der Waals surface area contributed by atoms with Crippen LogP contribution in [0.4, 0.5) is 26.1 Å². The number of nitrogens with zero attached hydrogens (tertiary/aromatic N) is 6. The minimum absolute atomic E-state index is 0.168. The summed E-state index contributed by atoms with van der Waals surface area (Å²) in [5.41, 5.74) is 3.59. The molecule has 2 aliphatic rings.